The van der Waals surface area contributed by atoms with E-state index in [1.807, 2.05) is 24.3 Å². The molecule has 8 nitrogen and oxygen atoms in total. The van der Waals surface area contributed by atoms with Crippen LogP contribution in [0.2, 0.25) is 0 Å². The van der Waals surface area contributed by atoms with Gasteiger partial charge in [-0.25, -0.2) is 8.42 Å². The molecule has 2 aliphatic heterocycles. The number of rotatable bonds is 5. The molecule has 2 N–H and O–H groups in total. The van der Waals surface area contributed by atoms with E-state index < -0.39 is 16.1 Å². The van der Waals surface area contributed by atoms with E-state index in [1.165, 1.54) is 16.4 Å². The van der Waals surface area contributed by atoms with Crippen LogP contribution in [0.15, 0.2) is 47.4 Å². The molecule has 170 valence electrons. The molecule has 2 aliphatic rings. The van der Waals surface area contributed by atoms with Gasteiger partial charge in [-0.05, 0) is 62.1 Å². The number of hydrogen-bond donors (Lipinski definition) is 2. The van der Waals surface area contributed by atoms with E-state index in [4.69, 9.17) is 4.74 Å². The van der Waals surface area contributed by atoms with Crippen molar-refractivity contribution in [3.05, 3.63) is 48.0 Å². The zero-order chi connectivity index (χ0) is 22.9. The number of fused-ring (bicyclic) bond motifs is 1. The Morgan fingerprint density at radius 3 is 2.66 bits per heavy atom. The first-order valence-corrected chi connectivity index (χ1v) is 12.2. The molecule has 32 heavy (non-hydrogen) atoms. The van der Waals surface area contributed by atoms with Crippen LogP contribution in [-0.2, 0) is 26.0 Å². The third-order valence-corrected chi connectivity index (χ3v) is 7.84. The fourth-order valence-electron chi connectivity index (χ4n) is 3.97. The second-order valence-electron chi connectivity index (χ2n) is 8.13. The highest BCUT2D eigenvalue weighted by atomic mass is 32.2. The number of sulfonamides is 1. The Labute approximate surface area is 188 Å². The predicted octanol–water partition coefficient (Wildman–Crippen LogP) is 3.01. The van der Waals surface area contributed by atoms with Crippen molar-refractivity contribution < 1.29 is 22.7 Å². The van der Waals surface area contributed by atoms with Gasteiger partial charge in [0.1, 0.15) is 5.75 Å². The fourth-order valence-corrected chi connectivity index (χ4v) is 5.47. The summed E-state index contributed by atoms with van der Waals surface area (Å²) in [4.78, 5) is 24.6. The average molecular weight is 458 g/mol. The van der Waals surface area contributed by atoms with E-state index in [9.17, 15) is 18.0 Å². The molecular weight excluding hydrogens is 430 g/mol. The number of aryl methyl sites for hydroxylation is 1. The molecule has 0 bridgehead atoms. The van der Waals surface area contributed by atoms with Crippen molar-refractivity contribution in [2.45, 2.75) is 44.1 Å². The molecular formula is C23H27N3O5S. The summed E-state index contributed by atoms with van der Waals surface area (Å²) in [6.07, 6.45) is 1.15. The first-order valence-electron chi connectivity index (χ1n) is 10.8. The molecule has 0 unspecified atom stereocenters. The van der Waals surface area contributed by atoms with Crippen LogP contribution in [0.25, 0.3) is 0 Å². The Hall–Kier alpha value is -2.91. The second kappa shape index (κ2) is 8.91. The lowest BCUT2D eigenvalue weighted by Gasteiger charge is -2.31. The summed E-state index contributed by atoms with van der Waals surface area (Å²) in [5, 5.41) is 5.63. The molecule has 2 aromatic carbocycles. The van der Waals surface area contributed by atoms with Crippen LogP contribution >= 0.6 is 0 Å². The van der Waals surface area contributed by atoms with Crippen LogP contribution in [0, 0.1) is 5.92 Å². The smallest absolute Gasteiger partial charge is 0.265 e. The van der Waals surface area contributed by atoms with E-state index in [0.717, 1.165) is 17.7 Å². The maximum Gasteiger partial charge on any atom is 0.265 e. The summed E-state index contributed by atoms with van der Waals surface area (Å²) in [6.45, 7) is 4.20. The molecule has 0 aromatic heterocycles. The number of ether oxygens (including phenoxy) is 1. The van der Waals surface area contributed by atoms with Gasteiger partial charge in [0.15, 0.2) is 6.10 Å². The van der Waals surface area contributed by atoms with Gasteiger partial charge < -0.3 is 15.4 Å². The molecule has 2 heterocycles. The van der Waals surface area contributed by atoms with Gasteiger partial charge in [-0.3, -0.25) is 9.59 Å². The monoisotopic (exact) mass is 457 g/mol. The topological polar surface area (TPSA) is 105 Å². The number of nitrogens with zero attached hydrogens (tertiary/aromatic N) is 1. The Kier molecular flexibility index (Phi) is 6.21. The molecule has 0 spiro atoms. The summed E-state index contributed by atoms with van der Waals surface area (Å²) in [7, 11) is -3.75. The van der Waals surface area contributed by atoms with Crippen molar-refractivity contribution in [3.63, 3.8) is 0 Å². The van der Waals surface area contributed by atoms with Crippen molar-refractivity contribution in [2.75, 3.05) is 23.7 Å². The van der Waals surface area contributed by atoms with Crippen LogP contribution in [0.4, 0.5) is 11.4 Å². The summed E-state index contributed by atoms with van der Waals surface area (Å²) in [5.74, 6) is -0.204. The van der Waals surface area contributed by atoms with Gasteiger partial charge in [0.2, 0.25) is 15.9 Å². The van der Waals surface area contributed by atoms with E-state index in [-0.39, 0.29) is 35.7 Å². The Morgan fingerprint density at radius 1 is 1.19 bits per heavy atom. The minimum absolute atomic E-state index is 0.0851. The Balaban J connectivity index is 1.40. The lowest BCUT2D eigenvalue weighted by atomic mass is 9.97. The number of hydrogen-bond acceptors (Lipinski definition) is 5. The maximum atomic E-state index is 13.1. The molecule has 0 radical (unpaired) electrons. The standard InChI is InChI=1S/C23H27N3O5S/c1-3-16-5-4-6-18(13-16)24-23(28)17-9-11-26(12-10-17)32(29,30)19-7-8-21-20(14-19)25-22(27)15(2)31-21/h4-8,13-15,17H,3,9-12H2,1-2H3,(H,24,28)(H,25,27)/t15-/m0/s1. The van der Waals surface area contributed by atoms with Crippen molar-refractivity contribution in [2.24, 2.45) is 5.92 Å². The molecule has 0 saturated carbocycles. The number of carbonyl (C=O) groups excluding carboxylic acids is 2. The van der Waals surface area contributed by atoms with E-state index in [1.54, 1.807) is 13.0 Å². The molecule has 9 heteroatoms. The number of piperidine rings is 1. The maximum absolute atomic E-state index is 13.1. The van der Waals surface area contributed by atoms with Gasteiger partial charge in [0, 0.05) is 24.7 Å². The molecule has 1 saturated heterocycles. The lowest BCUT2D eigenvalue weighted by Crippen LogP contribution is -2.41. The van der Waals surface area contributed by atoms with E-state index >= 15 is 0 Å². The molecule has 1 fully saturated rings. The third-order valence-electron chi connectivity index (χ3n) is 5.95. The quantitative estimate of drug-likeness (QED) is 0.718. The minimum atomic E-state index is -3.75. The molecule has 4 rings (SSSR count). The zero-order valence-electron chi connectivity index (χ0n) is 18.1. The van der Waals surface area contributed by atoms with E-state index in [2.05, 4.69) is 17.6 Å². The molecule has 1 atom stereocenters. The normalized spacial score (nSPS) is 19.6. The highest BCUT2D eigenvalue weighted by Crippen LogP contribution is 2.33. The number of nitrogens with one attached hydrogen (secondary N) is 2. The van der Waals surface area contributed by atoms with E-state index in [0.29, 0.717) is 24.3 Å². The largest absolute Gasteiger partial charge is 0.479 e. The van der Waals surface area contributed by atoms with Crippen LogP contribution in [0.3, 0.4) is 0 Å². The summed E-state index contributed by atoms with van der Waals surface area (Å²) in [5.41, 5.74) is 2.25. The third kappa shape index (κ3) is 4.49. The van der Waals surface area contributed by atoms with Gasteiger partial charge in [0.25, 0.3) is 5.91 Å². The van der Waals surface area contributed by atoms with Gasteiger partial charge in [-0.2, -0.15) is 4.31 Å². The number of amides is 2. The summed E-state index contributed by atoms with van der Waals surface area (Å²) >= 11 is 0. The van der Waals surface area contributed by atoms with Gasteiger partial charge >= 0.3 is 0 Å². The number of benzene rings is 2. The van der Waals surface area contributed by atoms with Crippen LogP contribution in [0.1, 0.15) is 32.3 Å². The van der Waals surface area contributed by atoms with Gasteiger partial charge in [0.05, 0.1) is 10.6 Å². The lowest BCUT2D eigenvalue weighted by molar-refractivity contribution is -0.123. The zero-order valence-corrected chi connectivity index (χ0v) is 18.9. The number of anilines is 2. The summed E-state index contributed by atoms with van der Waals surface area (Å²) < 4.78 is 33.1. The average Bonchev–Trinajstić information content (AvgIpc) is 2.79. The van der Waals surface area contributed by atoms with Crippen LogP contribution < -0.4 is 15.4 Å². The first kappa shape index (κ1) is 22.3. The number of carbonyl (C=O) groups is 2. The Morgan fingerprint density at radius 2 is 1.94 bits per heavy atom. The van der Waals surface area contributed by atoms with Crippen molar-refractivity contribution in [1.82, 2.24) is 4.31 Å². The van der Waals surface area contributed by atoms with Gasteiger partial charge in [-0.15, -0.1) is 0 Å². The molecule has 2 amide bonds. The fraction of sp³-hybridized carbons (Fsp3) is 0.391. The SMILES string of the molecule is CCc1cccc(NC(=O)C2CCN(S(=O)(=O)c3ccc4c(c3)NC(=O)[C@H](C)O4)CC2)c1. The Bertz CT molecular complexity index is 1140. The summed E-state index contributed by atoms with van der Waals surface area (Å²) in [6, 6.07) is 12.2. The first-order chi connectivity index (χ1) is 15.3. The molecule has 2 aromatic rings. The second-order valence-corrected chi connectivity index (χ2v) is 10.1. The van der Waals surface area contributed by atoms with Crippen molar-refractivity contribution in [1.29, 1.82) is 0 Å². The molecule has 0 aliphatic carbocycles. The van der Waals surface area contributed by atoms with Crippen LogP contribution in [-0.4, -0.2) is 43.7 Å². The van der Waals surface area contributed by atoms with Gasteiger partial charge in [-0.1, -0.05) is 19.1 Å². The highest BCUT2D eigenvalue weighted by molar-refractivity contribution is 7.89. The van der Waals surface area contributed by atoms with Crippen molar-refractivity contribution >= 4 is 33.2 Å². The van der Waals surface area contributed by atoms with Crippen molar-refractivity contribution in [3.8, 4) is 5.75 Å². The predicted molar refractivity (Wildman–Crippen MR) is 121 cm³/mol. The minimum Gasteiger partial charge on any atom is -0.479 e. The van der Waals surface area contributed by atoms with Crippen LogP contribution in [0.5, 0.6) is 5.75 Å². The highest BCUT2D eigenvalue weighted by Gasteiger charge is 2.33.